The third kappa shape index (κ3) is 6.79. The van der Waals surface area contributed by atoms with E-state index >= 15 is 0 Å². The number of hydrogen-bond donors (Lipinski definition) is 3. The number of carbonyl (C=O) groups is 3. The fourth-order valence-corrected chi connectivity index (χ4v) is 2.64. The predicted octanol–water partition coefficient (Wildman–Crippen LogP) is 2.43. The highest BCUT2D eigenvalue weighted by atomic mass is 35.5. The highest BCUT2D eigenvalue weighted by Gasteiger charge is 2.12. The standard InChI is InChI=1S/C18H15Cl2F2N3O3/c19-11-1-2-14(15(20)5-11)18(28)25-9-17(27)24-8-16(26)23-7-10-3-12(21)6-13(22)4-10/h1-6H,7-9H2,(H,23,26)(H,24,27)(H,25,28). The molecule has 0 radical (unpaired) electrons. The Labute approximate surface area is 169 Å². The van der Waals surface area contributed by atoms with Crippen molar-refractivity contribution in [3.05, 3.63) is 69.2 Å². The fourth-order valence-electron chi connectivity index (χ4n) is 2.15. The summed E-state index contributed by atoms with van der Waals surface area (Å²) in [5.74, 6) is -3.26. The Morgan fingerprint density at radius 1 is 0.821 bits per heavy atom. The Morgan fingerprint density at radius 2 is 1.43 bits per heavy atom. The fraction of sp³-hybridized carbons (Fsp3) is 0.167. The Kier molecular flexibility index (Phi) is 7.71. The third-order valence-corrected chi connectivity index (χ3v) is 3.99. The van der Waals surface area contributed by atoms with Crippen molar-refractivity contribution in [3.8, 4) is 0 Å². The molecule has 0 bridgehead atoms. The molecule has 0 saturated heterocycles. The van der Waals surface area contributed by atoms with Gasteiger partial charge in [-0.25, -0.2) is 8.78 Å². The maximum atomic E-state index is 13.1. The van der Waals surface area contributed by atoms with Crippen LogP contribution in [0.1, 0.15) is 15.9 Å². The van der Waals surface area contributed by atoms with Gasteiger partial charge in [0, 0.05) is 17.6 Å². The summed E-state index contributed by atoms with van der Waals surface area (Å²) in [6.07, 6.45) is 0. The molecule has 0 aliphatic heterocycles. The van der Waals surface area contributed by atoms with Crippen molar-refractivity contribution in [2.24, 2.45) is 0 Å². The van der Waals surface area contributed by atoms with Gasteiger partial charge in [0.05, 0.1) is 23.7 Å². The molecule has 2 rings (SSSR count). The summed E-state index contributed by atoms with van der Waals surface area (Å²) < 4.78 is 26.1. The Bertz CT molecular complexity index is 889. The molecule has 3 N–H and O–H groups in total. The van der Waals surface area contributed by atoms with Crippen LogP contribution in [0.4, 0.5) is 8.78 Å². The first-order valence-corrected chi connectivity index (χ1v) is 8.72. The van der Waals surface area contributed by atoms with E-state index in [4.69, 9.17) is 23.2 Å². The molecule has 2 aromatic carbocycles. The Morgan fingerprint density at radius 3 is 2.07 bits per heavy atom. The summed E-state index contributed by atoms with van der Waals surface area (Å²) in [6, 6.07) is 7.18. The van der Waals surface area contributed by atoms with Gasteiger partial charge in [0.1, 0.15) is 11.6 Å². The average molecular weight is 430 g/mol. The molecule has 0 atom stereocenters. The van der Waals surface area contributed by atoms with Crippen LogP contribution in [-0.2, 0) is 16.1 Å². The molecule has 2 aromatic rings. The maximum Gasteiger partial charge on any atom is 0.253 e. The number of halogens is 4. The van der Waals surface area contributed by atoms with Gasteiger partial charge in [0.2, 0.25) is 11.8 Å². The van der Waals surface area contributed by atoms with Crippen molar-refractivity contribution in [2.75, 3.05) is 13.1 Å². The van der Waals surface area contributed by atoms with Gasteiger partial charge in [0.25, 0.3) is 5.91 Å². The summed E-state index contributed by atoms with van der Waals surface area (Å²) in [7, 11) is 0. The Hall–Kier alpha value is -2.71. The molecule has 28 heavy (non-hydrogen) atoms. The molecule has 0 aromatic heterocycles. The molecule has 6 nitrogen and oxygen atoms in total. The number of amides is 3. The van der Waals surface area contributed by atoms with Gasteiger partial charge in [-0.05, 0) is 35.9 Å². The summed E-state index contributed by atoms with van der Waals surface area (Å²) in [4.78, 5) is 35.4. The van der Waals surface area contributed by atoms with E-state index in [1.807, 2.05) is 0 Å². The van der Waals surface area contributed by atoms with Crippen molar-refractivity contribution in [1.29, 1.82) is 0 Å². The van der Waals surface area contributed by atoms with E-state index in [1.165, 1.54) is 18.2 Å². The SMILES string of the molecule is O=C(CNC(=O)CNC(=O)c1ccc(Cl)cc1Cl)NCc1cc(F)cc(F)c1. The van der Waals surface area contributed by atoms with E-state index < -0.39 is 29.4 Å². The van der Waals surface area contributed by atoms with E-state index in [-0.39, 0.29) is 35.8 Å². The zero-order valence-corrected chi connectivity index (χ0v) is 15.8. The molecule has 0 heterocycles. The van der Waals surface area contributed by atoms with Gasteiger partial charge in [-0.3, -0.25) is 14.4 Å². The van der Waals surface area contributed by atoms with E-state index in [9.17, 15) is 23.2 Å². The van der Waals surface area contributed by atoms with Gasteiger partial charge >= 0.3 is 0 Å². The van der Waals surface area contributed by atoms with E-state index in [1.54, 1.807) is 0 Å². The molecule has 0 fully saturated rings. The predicted molar refractivity (Wildman–Crippen MR) is 100 cm³/mol. The monoisotopic (exact) mass is 429 g/mol. The smallest absolute Gasteiger partial charge is 0.253 e. The lowest BCUT2D eigenvalue weighted by Crippen LogP contribution is -2.41. The molecule has 0 aliphatic rings. The minimum atomic E-state index is -0.755. The Balaban J connectivity index is 1.72. The lowest BCUT2D eigenvalue weighted by molar-refractivity contribution is -0.125. The molecule has 148 valence electrons. The quantitative estimate of drug-likeness (QED) is 0.631. The van der Waals surface area contributed by atoms with Crippen LogP contribution in [0, 0.1) is 11.6 Å². The van der Waals surface area contributed by atoms with Crippen LogP contribution in [0.5, 0.6) is 0 Å². The lowest BCUT2D eigenvalue weighted by atomic mass is 10.2. The van der Waals surface area contributed by atoms with Crippen LogP contribution in [0.15, 0.2) is 36.4 Å². The first-order chi connectivity index (χ1) is 13.2. The molecule has 0 unspecified atom stereocenters. The van der Waals surface area contributed by atoms with Gasteiger partial charge in [0.15, 0.2) is 0 Å². The van der Waals surface area contributed by atoms with Gasteiger partial charge < -0.3 is 16.0 Å². The maximum absolute atomic E-state index is 13.1. The van der Waals surface area contributed by atoms with Crippen molar-refractivity contribution in [1.82, 2.24) is 16.0 Å². The zero-order valence-electron chi connectivity index (χ0n) is 14.3. The van der Waals surface area contributed by atoms with Crippen LogP contribution in [0.2, 0.25) is 10.0 Å². The van der Waals surface area contributed by atoms with Gasteiger partial charge in [-0.15, -0.1) is 0 Å². The van der Waals surface area contributed by atoms with Gasteiger partial charge in [-0.2, -0.15) is 0 Å². The normalized spacial score (nSPS) is 10.3. The number of carbonyl (C=O) groups excluding carboxylic acids is 3. The molecule has 10 heteroatoms. The number of hydrogen-bond acceptors (Lipinski definition) is 3. The van der Waals surface area contributed by atoms with Gasteiger partial charge in [-0.1, -0.05) is 23.2 Å². The second-order valence-corrected chi connectivity index (χ2v) is 6.48. The molecule has 3 amide bonds. The average Bonchev–Trinajstić information content (AvgIpc) is 2.62. The topological polar surface area (TPSA) is 87.3 Å². The highest BCUT2D eigenvalue weighted by molar-refractivity contribution is 6.36. The molecule has 0 saturated carbocycles. The van der Waals surface area contributed by atoms with Crippen molar-refractivity contribution in [3.63, 3.8) is 0 Å². The van der Waals surface area contributed by atoms with E-state index in [2.05, 4.69) is 16.0 Å². The van der Waals surface area contributed by atoms with E-state index in [0.717, 1.165) is 18.2 Å². The molecular formula is C18H15Cl2F2N3O3. The summed E-state index contributed by atoms with van der Waals surface area (Å²) in [5.41, 5.74) is 0.392. The second-order valence-electron chi connectivity index (χ2n) is 5.64. The summed E-state index contributed by atoms with van der Waals surface area (Å²) in [5, 5.41) is 7.58. The minimum absolute atomic E-state index is 0.102. The lowest BCUT2D eigenvalue weighted by Gasteiger charge is -2.09. The molecular weight excluding hydrogens is 415 g/mol. The number of nitrogens with one attached hydrogen (secondary N) is 3. The van der Waals surface area contributed by atoms with Crippen molar-refractivity contribution < 1.29 is 23.2 Å². The van der Waals surface area contributed by atoms with E-state index in [0.29, 0.717) is 5.02 Å². The zero-order chi connectivity index (χ0) is 20.7. The first kappa shape index (κ1) is 21.6. The van der Waals surface area contributed by atoms with Crippen LogP contribution in [-0.4, -0.2) is 30.8 Å². The second kappa shape index (κ2) is 10.0. The highest BCUT2D eigenvalue weighted by Crippen LogP contribution is 2.20. The van der Waals surface area contributed by atoms with Crippen molar-refractivity contribution in [2.45, 2.75) is 6.54 Å². The molecule has 0 spiro atoms. The first-order valence-electron chi connectivity index (χ1n) is 7.96. The van der Waals surface area contributed by atoms with Crippen LogP contribution >= 0.6 is 23.2 Å². The molecule has 0 aliphatic carbocycles. The third-order valence-electron chi connectivity index (χ3n) is 3.44. The summed E-state index contributed by atoms with van der Waals surface area (Å²) in [6.45, 7) is -0.844. The van der Waals surface area contributed by atoms with Crippen LogP contribution in [0.3, 0.4) is 0 Å². The number of rotatable bonds is 7. The van der Waals surface area contributed by atoms with Crippen LogP contribution < -0.4 is 16.0 Å². The number of benzene rings is 2. The largest absolute Gasteiger partial charge is 0.350 e. The van der Waals surface area contributed by atoms with Crippen LogP contribution in [0.25, 0.3) is 0 Å². The van der Waals surface area contributed by atoms with Crippen molar-refractivity contribution >= 4 is 40.9 Å². The minimum Gasteiger partial charge on any atom is -0.350 e. The summed E-state index contributed by atoms with van der Waals surface area (Å²) >= 11 is 11.6.